The minimum Gasteiger partial charge on any atom is -0.339 e. The Balaban J connectivity index is 0.000000194. The molecular weight excluding hydrogens is 1680 g/mol. The molecule has 0 spiro atoms. The lowest BCUT2D eigenvalue weighted by molar-refractivity contribution is -0.159. The van der Waals surface area contributed by atoms with Crippen LogP contribution in [-0.2, 0) is 81.9 Å². The third-order valence-corrected chi connectivity index (χ3v) is 17.4. The number of rotatable bonds is 28. The molecule has 10 amide bonds. The maximum absolute atomic E-state index is 14.2. The van der Waals surface area contributed by atoms with Gasteiger partial charge in [0.1, 0.15) is 5.82 Å². The van der Waals surface area contributed by atoms with E-state index in [9.17, 15) is 76.7 Å². The van der Waals surface area contributed by atoms with Gasteiger partial charge < -0.3 is 53.7 Å². The van der Waals surface area contributed by atoms with Crippen LogP contribution in [0.5, 0.6) is 0 Å². The second kappa shape index (κ2) is 43.2. The molecule has 0 radical (unpaired) electrons. The van der Waals surface area contributed by atoms with Crippen molar-refractivity contribution in [3.63, 3.8) is 0 Å². The highest BCUT2D eigenvalue weighted by Gasteiger charge is 2.40. The number of carbonyl (C=O) groups is 5. The minimum absolute atomic E-state index is 0.0160. The molecule has 0 atom stereocenters. The lowest BCUT2D eigenvalue weighted by atomic mass is 10.1. The molecule has 12 rings (SSSR count). The first-order valence-corrected chi connectivity index (χ1v) is 37.6. The molecule has 0 unspecified atom stereocenters. The van der Waals surface area contributed by atoms with Crippen LogP contribution in [0.25, 0.3) is 56.9 Å². The Morgan fingerprint density at radius 2 is 0.816 bits per heavy atom. The Morgan fingerprint density at radius 3 is 1.15 bits per heavy atom. The van der Waals surface area contributed by atoms with Gasteiger partial charge in [-0.25, -0.2) is 33.4 Å². The van der Waals surface area contributed by atoms with Crippen molar-refractivity contribution in [1.29, 1.82) is 0 Å². The second-order valence-corrected chi connectivity index (χ2v) is 28.3. The number of nitrogens with zero attached hydrogens (tertiary/aromatic N) is 16. The van der Waals surface area contributed by atoms with E-state index in [1.807, 2.05) is 26.0 Å². The smallest absolute Gasteiger partial charge is 0.339 e. The van der Waals surface area contributed by atoms with Crippen molar-refractivity contribution in [2.24, 2.45) is 5.92 Å². The molecule has 34 nitrogen and oxygen atoms in total. The number of benzene rings is 5. The van der Waals surface area contributed by atoms with Crippen LogP contribution in [0.1, 0.15) is 124 Å². The largest absolute Gasteiger partial charge is 0.471 e. The van der Waals surface area contributed by atoms with Crippen molar-refractivity contribution in [2.75, 3.05) is 62.7 Å². The van der Waals surface area contributed by atoms with Crippen molar-refractivity contribution in [3.8, 4) is 69.3 Å². The third-order valence-electron chi connectivity index (χ3n) is 17.4. The highest BCUT2D eigenvalue weighted by Crippen LogP contribution is 2.36. The summed E-state index contributed by atoms with van der Waals surface area (Å²) in [6.45, 7) is 8.33. The van der Waals surface area contributed by atoms with Crippen LogP contribution < -0.4 is 21.3 Å². The number of nitrogens with one attached hydrogen (secondary N) is 4. The van der Waals surface area contributed by atoms with Gasteiger partial charge in [0.15, 0.2) is 0 Å². The average Bonchev–Trinajstić information content (AvgIpc) is 1.71. The highest BCUT2D eigenvalue weighted by molar-refractivity contribution is 5.76. The predicted octanol–water partition coefficient (Wildman–Crippen LogP) is 15.3. The number of hydroxylamine groups is 8. The Morgan fingerprint density at radius 1 is 0.464 bits per heavy atom. The van der Waals surface area contributed by atoms with Crippen molar-refractivity contribution in [3.05, 3.63) is 178 Å². The highest BCUT2D eigenvalue weighted by atomic mass is 19.4. The summed E-state index contributed by atoms with van der Waals surface area (Å²) in [5, 5.41) is 32.3. The molecule has 0 bridgehead atoms. The molecule has 0 saturated heterocycles. The van der Waals surface area contributed by atoms with Crippen molar-refractivity contribution in [2.45, 2.75) is 142 Å². The van der Waals surface area contributed by atoms with Crippen LogP contribution >= 0.6 is 0 Å². The summed E-state index contributed by atoms with van der Waals surface area (Å²) in [6, 6.07) is 29.5. The number of aromatic nitrogens is 10. The van der Waals surface area contributed by atoms with E-state index < -0.39 is 77.2 Å². The second-order valence-electron chi connectivity index (χ2n) is 28.3. The number of terminal acetylenes is 1. The molecule has 46 heteroatoms. The summed E-state index contributed by atoms with van der Waals surface area (Å²) in [6.07, 6.45) is 4.69. The van der Waals surface area contributed by atoms with Crippen molar-refractivity contribution < 1.29 is 119 Å². The zero-order valence-corrected chi connectivity index (χ0v) is 69.5. The zero-order chi connectivity index (χ0) is 91.9. The first-order valence-electron chi connectivity index (χ1n) is 37.6. The molecule has 5 heterocycles. The molecule has 10 aromatic rings. The Labute approximate surface area is 706 Å². The summed E-state index contributed by atoms with van der Waals surface area (Å²) in [4.78, 5) is 101. The van der Waals surface area contributed by atoms with Gasteiger partial charge in [0, 0.05) is 103 Å². The number of alkyl halides is 11. The molecule has 2 aliphatic carbocycles. The SMILES string of the molecule is C#CCNC(=O)N(Cc1ccc(-c2noc(C(C)(F)F)n2)cc1)OC.CN(Cc1ccc(-c2noc(C(F)(F)F)n2)cc1)C(=O)NCC1CC1.CNC(=O)N(Cc1ccc(-c2noc(C(C)(F)F)n2)c(F)c1)OC.CON(C)C(=O)N(Cc1ccc(-c2noc(C(C)(F)F)n2)cc1)C1CC1.CON(Cc1ccc(-c2noc(C(C)(F)F)n2)cc1)C(=O)NC(C)C. The Bertz CT molecular complexity index is 5200. The molecular formula is C79H88F12N20O14. The van der Waals surface area contributed by atoms with Gasteiger partial charge in [-0.1, -0.05) is 135 Å². The van der Waals surface area contributed by atoms with Crippen LogP contribution in [0.4, 0.5) is 76.7 Å². The maximum atomic E-state index is 14.2. The molecule has 2 aliphatic rings. The molecule has 5 aromatic carbocycles. The van der Waals surface area contributed by atoms with E-state index in [1.165, 1.54) is 57.7 Å². The van der Waals surface area contributed by atoms with E-state index in [4.69, 9.17) is 25.8 Å². The number of hydrogen-bond acceptors (Lipinski definition) is 24. The van der Waals surface area contributed by atoms with E-state index >= 15 is 0 Å². The fraction of sp³-hybridized carbons (Fsp3) is 0.405. The summed E-state index contributed by atoms with van der Waals surface area (Å²) < 4.78 is 179. The summed E-state index contributed by atoms with van der Waals surface area (Å²) >= 11 is 0. The van der Waals surface area contributed by atoms with Gasteiger partial charge in [0.25, 0.3) is 23.6 Å². The molecule has 2 fully saturated rings. The Hall–Kier alpha value is -13.3. The van der Waals surface area contributed by atoms with E-state index in [0.717, 1.165) is 64.1 Å². The fourth-order valence-electron chi connectivity index (χ4n) is 10.4. The number of hydrogen-bond donors (Lipinski definition) is 4. The number of halogens is 12. The van der Waals surface area contributed by atoms with Crippen LogP contribution in [0.15, 0.2) is 138 Å². The lowest BCUT2D eigenvalue weighted by Crippen LogP contribution is -2.41. The lowest BCUT2D eigenvalue weighted by Gasteiger charge is -2.26. The molecule has 672 valence electrons. The minimum atomic E-state index is -4.66. The first kappa shape index (κ1) is 97.2. The number of amides is 10. The summed E-state index contributed by atoms with van der Waals surface area (Å²) in [7, 11) is 10.2. The van der Waals surface area contributed by atoms with Crippen LogP contribution in [0, 0.1) is 24.1 Å². The van der Waals surface area contributed by atoms with E-state index in [2.05, 4.69) is 101 Å². The summed E-state index contributed by atoms with van der Waals surface area (Å²) in [5.74, 6) is -15.4. The van der Waals surface area contributed by atoms with E-state index in [1.54, 1.807) is 109 Å². The van der Waals surface area contributed by atoms with E-state index in [-0.39, 0.29) is 91.0 Å². The fourth-order valence-corrected chi connectivity index (χ4v) is 10.4. The molecule has 5 aromatic heterocycles. The van der Waals surface area contributed by atoms with Crippen LogP contribution in [0.2, 0.25) is 0 Å². The topological polar surface area (TPSA) is 384 Å². The van der Waals surface area contributed by atoms with Gasteiger partial charge in [0.05, 0.1) is 60.2 Å². The van der Waals surface area contributed by atoms with Crippen molar-refractivity contribution in [1.82, 2.24) is 102 Å². The third kappa shape index (κ3) is 29.2. The zero-order valence-electron chi connectivity index (χ0n) is 69.5. The van der Waals surface area contributed by atoms with Crippen LogP contribution in [-0.4, -0.2) is 186 Å². The van der Waals surface area contributed by atoms with Gasteiger partial charge in [0.2, 0.25) is 29.1 Å². The van der Waals surface area contributed by atoms with Crippen LogP contribution in [0.3, 0.4) is 0 Å². The number of carbonyl (C=O) groups excluding carboxylic acids is 5. The molecule has 4 N–H and O–H groups in total. The average molecular weight is 1770 g/mol. The van der Waals surface area contributed by atoms with Gasteiger partial charge in [-0.15, -0.1) is 6.42 Å². The monoisotopic (exact) mass is 1770 g/mol. The summed E-state index contributed by atoms with van der Waals surface area (Å²) in [5.41, 5.74) is 5.60. The van der Waals surface area contributed by atoms with Gasteiger partial charge in [-0.3, -0.25) is 19.4 Å². The number of urea groups is 5. The molecule has 125 heavy (non-hydrogen) atoms. The molecule has 0 aliphatic heterocycles. The van der Waals surface area contributed by atoms with Gasteiger partial charge in [-0.2, -0.15) is 88.4 Å². The van der Waals surface area contributed by atoms with Gasteiger partial charge in [-0.05, 0) is 85.4 Å². The van der Waals surface area contributed by atoms with Gasteiger partial charge >= 0.3 is 65.9 Å². The Kier molecular flexibility index (Phi) is 33.5. The normalized spacial score (nSPS) is 12.6. The van der Waals surface area contributed by atoms with E-state index in [0.29, 0.717) is 81.1 Å². The quantitative estimate of drug-likeness (QED) is 0.0201. The molecule has 2 saturated carbocycles. The standard InChI is InChI=1S/C17H20F2N4O3.C16H17F3N4O2.C16H20F2N4O3.C16H16F2N4O3.C14H15F3N4O3/c1-17(18,19)15-20-14(21-26-15)12-6-4-11(5-7-12)10-23(13-8-9-13)16(24)22(2)25-3;1-23(15(24)20-8-10-2-3-10)9-11-4-6-12(7-5-11)13-21-14(25-22-13)16(17,18)19;1-10(2)19-15(23)22(24-4)9-11-5-7-12(8-6-11)13-20-14(25-21-13)16(3,17)18;1-4-9-19-15(23)22(24-3)10-11-5-7-12(8-6-11)13-20-14(25-21-13)16(2,17)18;1-14(16,17)12-19-11(20-24-12)9-5-4-8(6-10(9)15)7-21(23-3)13(22)18-2/h4-7,13H,8-10H2,1-3H3;4-7,10H,2-3,8-9H2,1H3,(H,20,24);5-8,10H,9H2,1-4H3,(H,19,23);1,5-8H,9-10H2,2-3H3,(H,19,23);4-6H,7H2,1-3H3,(H,18,22). The predicted molar refractivity (Wildman–Crippen MR) is 416 cm³/mol. The van der Waals surface area contributed by atoms with Crippen molar-refractivity contribution >= 4 is 30.2 Å². The maximum Gasteiger partial charge on any atom is 0.471 e. The first-order chi connectivity index (χ1) is 58.9.